The molecule has 0 saturated heterocycles. The van der Waals surface area contributed by atoms with Crippen LogP contribution in [-0.4, -0.2) is 0 Å². The van der Waals surface area contributed by atoms with Crippen molar-refractivity contribution in [3.8, 4) is 22.4 Å². The van der Waals surface area contributed by atoms with E-state index in [1.54, 1.807) is 6.92 Å². The van der Waals surface area contributed by atoms with Gasteiger partial charge in [-0.05, 0) is 23.6 Å². The van der Waals surface area contributed by atoms with Gasteiger partial charge in [-0.15, -0.1) is 0 Å². The van der Waals surface area contributed by atoms with E-state index in [4.69, 9.17) is 2.74 Å². The number of aryl methyl sites for hydroxylation is 1. The molecule has 3 aromatic rings. The Hall–Kier alpha value is -2.41. The number of hydrogen-bond acceptors (Lipinski definition) is 0. The second-order valence-electron chi connectivity index (χ2n) is 5.39. The van der Waals surface area contributed by atoms with Crippen LogP contribution in [0.5, 0.6) is 0 Å². The molecule has 1 aromatic heterocycles. The average molecular weight is 274 g/mol. The van der Waals surface area contributed by atoms with Crippen molar-refractivity contribution in [3.63, 3.8) is 0 Å². The van der Waals surface area contributed by atoms with Crippen LogP contribution in [0.2, 0.25) is 0 Å². The van der Waals surface area contributed by atoms with Gasteiger partial charge in [0.15, 0.2) is 12.7 Å². The van der Waals surface area contributed by atoms with Gasteiger partial charge < -0.3 is 0 Å². The Morgan fingerprint density at radius 2 is 1.76 bits per heavy atom. The lowest BCUT2D eigenvalue weighted by Gasteiger charge is -2.08. The summed E-state index contributed by atoms with van der Waals surface area (Å²) < 4.78 is 18.6. The molecule has 0 saturated carbocycles. The normalized spacial score (nSPS) is 14.1. The minimum Gasteiger partial charge on any atom is -0.194 e. The third-order valence-corrected chi connectivity index (χ3v) is 4.15. The number of aromatic nitrogens is 1. The molecule has 1 heteroatoms. The molecule has 0 aliphatic carbocycles. The van der Waals surface area contributed by atoms with Gasteiger partial charge in [0.25, 0.3) is 0 Å². The Morgan fingerprint density at radius 3 is 2.57 bits per heavy atom. The molecule has 0 amide bonds. The maximum atomic E-state index is 8.24. The molecule has 0 unspecified atom stereocenters. The zero-order valence-corrected chi connectivity index (χ0v) is 12.0. The van der Waals surface area contributed by atoms with E-state index in [0.717, 1.165) is 28.9 Å². The van der Waals surface area contributed by atoms with Gasteiger partial charge in [-0.1, -0.05) is 55.5 Å². The Bertz CT molecular complexity index is 880. The summed E-state index contributed by atoms with van der Waals surface area (Å²) >= 11 is 0. The summed E-state index contributed by atoms with van der Waals surface area (Å²) in [5.41, 5.74) is 6.46. The van der Waals surface area contributed by atoms with E-state index in [0.29, 0.717) is 0 Å². The minimum atomic E-state index is -1.39. The van der Waals surface area contributed by atoms with E-state index in [1.165, 1.54) is 11.1 Å². The quantitative estimate of drug-likeness (QED) is 0.482. The van der Waals surface area contributed by atoms with Gasteiger partial charge in [0.1, 0.15) is 0 Å². The van der Waals surface area contributed by atoms with Crippen molar-refractivity contribution in [2.45, 2.75) is 19.8 Å². The number of benzene rings is 2. The van der Waals surface area contributed by atoms with Crippen LogP contribution in [-0.2, 0) is 12.9 Å². The van der Waals surface area contributed by atoms with Gasteiger partial charge in [-0.25, -0.2) is 0 Å². The first-order chi connectivity index (χ1) is 11.0. The first kappa shape index (κ1) is 10.3. The zero-order valence-electron chi connectivity index (χ0n) is 14.0. The standard InChI is InChI=1S/C20H18N/c1-2-15-13-21-14-17-10-6-7-11-18(17)20(21)12-19(15)16-8-4-3-5-9-16/h3-13H,2,14H2,1H3/q+1/i2D2. The lowest BCUT2D eigenvalue weighted by molar-refractivity contribution is -0.672. The predicted molar refractivity (Wildman–Crippen MR) is 86.0 cm³/mol. The molecule has 1 aliphatic rings. The van der Waals surface area contributed by atoms with Crippen LogP contribution in [0, 0.1) is 0 Å². The molecule has 4 rings (SSSR count). The smallest absolute Gasteiger partial charge is 0.194 e. The van der Waals surface area contributed by atoms with Crippen LogP contribution in [0.25, 0.3) is 22.4 Å². The summed E-state index contributed by atoms with van der Waals surface area (Å²) in [6.07, 6.45) is 0.597. The zero-order chi connectivity index (χ0) is 16.0. The predicted octanol–water partition coefficient (Wildman–Crippen LogP) is 4.23. The Morgan fingerprint density at radius 1 is 1.00 bits per heavy atom. The number of pyridine rings is 1. The largest absolute Gasteiger partial charge is 0.213 e. The van der Waals surface area contributed by atoms with Gasteiger partial charge in [0, 0.05) is 19.9 Å². The van der Waals surface area contributed by atoms with Crippen molar-refractivity contribution in [1.82, 2.24) is 0 Å². The van der Waals surface area contributed by atoms with Gasteiger partial charge in [0.2, 0.25) is 5.69 Å². The maximum absolute atomic E-state index is 8.24. The molecule has 0 bridgehead atoms. The molecule has 2 aromatic carbocycles. The SMILES string of the molecule is [2H]C([2H])(C)c1c[n+]2c(cc1-c1ccccc1)-c1ccccc1C2. The number of fused-ring (bicyclic) bond motifs is 3. The highest BCUT2D eigenvalue weighted by atomic mass is 15.0. The van der Waals surface area contributed by atoms with E-state index in [1.807, 2.05) is 36.5 Å². The van der Waals surface area contributed by atoms with E-state index in [-0.39, 0.29) is 0 Å². The first-order valence-corrected chi connectivity index (χ1v) is 7.26. The highest BCUT2D eigenvalue weighted by molar-refractivity contribution is 5.73. The van der Waals surface area contributed by atoms with Crippen molar-refractivity contribution >= 4 is 0 Å². The summed E-state index contributed by atoms with van der Waals surface area (Å²) in [6.45, 7) is 2.44. The average Bonchev–Trinajstić information content (AvgIpc) is 2.91. The fourth-order valence-electron chi connectivity index (χ4n) is 3.10. The molecule has 0 spiro atoms. The van der Waals surface area contributed by atoms with Crippen molar-refractivity contribution in [2.24, 2.45) is 0 Å². The molecule has 21 heavy (non-hydrogen) atoms. The van der Waals surface area contributed by atoms with Crippen molar-refractivity contribution in [2.75, 3.05) is 0 Å². The minimum absolute atomic E-state index is 0.736. The summed E-state index contributed by atoms with van der Waals surface area (Å²) in [4.78, 5) is 0. The number of rotatable bonds is 2. The number of hydrogen-bond donors (Lipinski definition) is 0. The number of nitrogens with zero attached hydrogens (tertiary/aromatic N) is 1. The third kappa shape index (κ3) is 1.97. The summed E-state index contributed by atoms with van der Waals surface area (Å²) in [6, 6.07) is 20.6. The molecule has 0 radical (unpaired) electrons. The van der Waals surface area contributed by atoms with Gasteiger partial charge in [0.05, 0.1) is 5.56 Å². The molecule has 102 valence electrons. The van der Waals surface area contributed by atoms with Gasteiger partial charge in [-0.3, -0.25) is 0 Å². The van der Waals surface area contributed by atoms with Crippen LogP contribution >= 0.6 is 0 Å². The summed E-state index contributed by atoms with van der Waals surface area (Å²) in [7, 11) is 0. The Kier molecular flexibility index (Phi) is 2.39. The fourth-order valence-corrected chi connectivity index (χ4v) is 3.10. The molecule has 0 atom stereocenters. The van der Waals surface area contributed by atoms with E-state index in [9.17, 15) is 0 Å². The van der Waals surface area contributed by atoms with Crippen molar-refractivity contribution < 1.29 is 7.31 Å². The molecule has 0 fully saturated rings. The van der Waals surface area contributed by atoms with Crippen LogP contribution < -0.4 is 4.57 Å². The second-order valence-corrected chi connectivity index (χ2v) is 5.39. The van der Waals surface area contributed by atoms with E-state index < -0.39 is 6.37 Å². The Labute approximate surface area is 128 Å². The van der Waals surface area contributed by atoms with E-state index >= 15 is 0 Å². The highest BCUT2D eigenvalue weighted by Crippen LogP contribution is 2.32. The molecular formula is C20H18N+. The summed E-state index contributed by atoms with van der Waals surface area (Å²) in [5, 5.41) is 0. The lowest BCUT2D eigenvalue weighted by atomic mass is 9.97. The van der Waals surface area contributed by atoms with E-state index in [2.05, 4.69) is 34.9 Å². The first-order valence-electron chi connectivity index (χ1n) is 8.26. The van der Waals surface area contributed by atoms with Crippen molar-refractivity contribution in [1.29, 1.82) is 0 Å². The molecule has 1 aliphatic heterocycles. The fraction of sp³-hybridized carbons (Fsp3) is 0.150. The second kappa shape index (κ2) is 4.85. The summed E-state index contributed by atoms with van der Waals surface area (Å²) in [5.74, 6) is 0. The van der Waals surface area contributed by atoms with Crippen molar-refractivity contribution in [3.05, 3.63) is 78.0 Å². The topological polar surface area (TPSA) is 3.88 Å². The highest BCUT2D eigenvalue weighted by Gasteiger charge is 2.27. The van der Waals surface area contributed by atoms with Crippen LogP contribution in [0.1, 0.15) is 20.8 Å². The lowest BCUT2D eigenvalue weighted by Crippen LogP contribution is -2.32. The van der Waals surface area contributed by atoms with Gasteiger partial charge in [-0.2, -0.15) is 4.57 Å². The van der Waals surface area contributed by atoms with Crippen LogP contribution in [0.15, 0.2) is 66.9 Å². The Balaban J connectivity index is 1.99. The molecule has 1 nitrogen and oxygen atoms in total. The molecular weight excluding hydrogens is 254 g/mol. The third-order valence-electron chi connectivity index (χ3n) is 4.15. The van der Waals surface area contributed by atoms with Gasteiger partial charge >= 0.3 is 0 Å². The molecule has 0 N–H and O–H groups in total. The maximum Gasteiger partial charge on any atom is 0.213 e. The monoisotopic (exact) mass is 274 g/mol. The van der Waals surface area contributed by atoms with Crippen LogP contribution in [0.4, 0.5) is 0 Å². The molecule has 2 heterocycles. The van der Waals surface area contributed by atoms with Crippen LogP contribution in [0.3, 0.4) is 0 Å².